The average molecular weight is 1170 g/mol. The van der Waals surface area contributed by atoms with Gasteiger partial charge < -0.3 is 46.0 Å². The summed E-state index contributed by atoms with van der Waals surface area (Å²) in [5.74, 6) is -3.58. The maximum Gasteiger partial charge on any atom is 0.319 e. The Bertz CT molecular complexity index is 3480. The summed E-state index contributed by atoms with van der Waals surface area (Å²) in [4.78, 5) is 63.7. The number of piperazine rings is 1. The summed E-state index contributed by atoms with van der Waals surface area (Å²) in [6.07, 6.45) is 4.66. The van der Waals surface area contributed by atoms with Crippen molar-refractivity contribution in [3.63, 3.8) is 0 Å². The van der Waals surface area contributed by atoms with E-state index in [0.717, 1.165) is 55.7 Å². The number of nitrogens with one attached hydrogen (secondary N) is 2. The third-order valence-electron chi connectivity index (χ3n) is 17.1. The van der Waals surface area contributed by atoms with Gasteiger partial charge in [-0.2, -0.15) is 9.97 Å². The molecule has 0 saturated carbocycles. The molecule has 5 aliphatic rings. The first-order valence-corrected chi connectivity index (χ1v) is 29.2. The first-order chi connectivity index (χ1) is 39.3. The summed E-state index contributed by atoms with van der Waals surface area (Å²) < 4.78 is 68.3. The predicted molar refractivity (Wildman–Crippen MR) is 306 cm³/mol. The highest BCUT2D eigenvalue weighted by Gasteiger charge is 2.50. The maximum atomic E-state index is 17.4. The SMILES string of the molecule is [C-]#[N+]c1c(N)sc2c(F)ccc(-c3c(Cl)cc4c(N5CC6CCC(C5)N6)nc(OC[C@@H]5CCCN5CCC[C@H]5CCC(=O)N5[C@H](C(=O)N5C[C@H](O)C[C@H]5C(=O)N[C@@H](CO)c5ccc(-c6c(F)cccc6F)cc5)C(C)(C)C)nc4c3F)c12. The number of benzene rings is 4. The van der Waals surface area contributed by atoms with Crippen LogP contribution in [0.25, 0.3) is 48.1 Å². The molecule has 2 bridgehead atoms. The Morgan fingerprint density at radius 1 is 0.976 bits per heavy atom. The Balaban J connectivity index is 0.778. The van der Waals surface area contributed by atoms with Gasteiger partial charge in [-0.25, -0.2) is 22.4 Å². The third-order valence-corrected chi connectivity index (χ3v) is 18.4. The zero-order chi connectivity index (χ0) is 57.9. The molecule has 11 rings (SSSR count). The number of nitrogen functional groups attached to an aromatic ring is 1. The van der Waals surface area contributed by atoms with E-state index in [9.17, 15) is 33.4 Å². The highest BCUT2D eigenvalue weighted by atomic mass is 35.5. The van der Waals surface area contributed by atoms with Crippen LogP contribution in [0.2, 0.25) is 5.02 Å². The topological polar surface area (TPSA) is 194 Å². The molecule has 7 heterocycles. The number of carbonyl (C=O) groups is 3. The van der Waals surface area contributed by atoms with E-state index < -0.39 is 71.3 Å². The summed E-state index contributed by atoms with van der Waals surface area (Å²) in [7, 11) is 0. The molecule has 22 heteroatoms. The molecule has 8 atom stereocenters. The van der Waals surface area contributed by atoms with Crippen molar-refractivity contribution in [1.82, 2.24) is 35.3 Å². The van der Waals surface area contributed by atoms with E-state index in [4.69, 9.17) is 38.6 Å². The fourth-order valence-electron chi connectivity index (χ4n) is 13.2. The van der Waals surface area contributed by atoms with Crippen LogP contribution >= 0.6 is 22.9 Å². The Hall–Kier alpha value is -6.67. The lowest BCUT2D eigenvalue weighted by Crippen LogP contribution is -2.60. The average Bonchev–Trinajstić information content (AvgIpc) is 3.33. The number of amides is 3. The number of hydrogen-bond donors (Lipinski definition) is 5. The number of rotatable bonds is 16. The number of hydrogen-bond acceptors (Lipinski definition) is 13. The minimum absolute atomic E-state index is 0.0128. The molecule has 6 N–H and O–H groups in total. The molecule has 82 heavy (non-hydrogen) atoms. The number of thiophene rings is 1. The number of nitrogens with two attached hydrogens (primary N) is 1. The van der Waals surface area contributed by atoms with Gasteiger partial charge >= 0.3 is 6.01 Å². The second kappa shape index (κ2) is 23.2. The van der Waals surface area contributed by atoms with Crippen LogP contribution in [0.15, 0.2) is 60.7 Å². The van der Waals surface area contributed by atoms with Crippen LogP contribution in [0, 0.1) is 35.3 Å². The van der Waals surface area contributed by atoms with E-state index in [0.29, 0.717) is 55.7 Å². The van der Waals surface area contributed by atoms with Crippen molar-refractivity contribution in [3.8, 4) is 28.3 Å². The molecule has 2 unspecified atom stereocenters. The number of likely N-dealkylation sites (tertiary alicyclic amines) is 3. The smallest absolute Gasteiger partial charge is 0.319 e. The van der Waals surface area contributed by atoms with Gasteiger partial charge in [0.2, 0.25) is 23.4 Å². The lowest BCUT2D eigenvalue weighted by atomic mass is 9.83. The van der Waals surface area contributed by atoms with Crippen molar-refractivity contribution < 1.29 is 46.9 Å². The van der Waals surface area contributed by atoms with E-state index in [1.807, 2.05) is 20.8 Å². The quantitative estimate of drug-likeness (QED) is 0.0456. The number of fused-ring (bicyclic) bond motifs is 4. The lowest BCUT2D eigenvalue weighted by Gasteiger charge is -2.43. The van der Waals surface area contributed by atoms with E-state index in [1.54, 1.807) is 23.1 Å². The van der Waals surface area contributed by atoms with Crippen molar-refractivity contribution >= 4 is 78.2 Å². The van der Waals surface area contributed by atoms with Crippen molar-refractivity contribution in [1.29, 1.82) is 0 Å². The molecule has 0 spiro atoms. The van der Waals surface area contributed by atoms with Gasteiger partial charge in [-0.1, -0.05) is 68.8 Å². The van der Waals surface area contributed by atoms with Crippen molar-refractivity contribution in [2.24, 2.45) is 5.41 Å². The zero-order valence-electron chi connectivity index (χ0n) is 45.7. The van der Waals surface area contributed by atoms with Crippen molar-refractivity contribution in [2.45, 2.75) is 127 Å². The van der Waals surface area contributed by atoms with E-state index in [1.165, 1.54) is 35.2 Å². The highest BCUT2D eigenvalue weighted by molar-refractivity contribution is 7.23. The fraction of sp³-hybridized carbons (Fsp3) is 0.467. The number of anilines is 2. The zero-order valence-corrected chi connectivity index (χ0v) is 47.3. The van der Waals surface area contributed by atoms with E-state index in [-0.39, 0.29) is 116 Å². The first kappa shape index (κ1) is 57.2. The summed E-state index contributed by atoms with van der Waals surface area (Å²) in [5, 5.41) is 28.6. The third kappa shape index (κ3) is 10.9. The Morgan fingerprint density at radius 2 is 1.71 bits per heavy atom. The largest absolute Gasteiger partial charge is 0.462 e. The van der Waals surface area contributed by atoms with Gasteiger partial charge in [0, 0.05) is 73.0 Å². The van der Waals surface area contributed by atoms with Gasteiger partial charge in [-0.15, -0.1) is 11.3 Å². The number of halogens is 5. The number of carbonyl (C=O) groups excluding carboxylic acids is 3. The van der Waals surface area contributed by atoms with Crippen LogP contribution in [0.3, 0.4) is 0 Å². The molecular weight excluding hydrogens is 1100 g/mol. The number of aliphatic hydroxyl groups is 2. The summed E-state index contributed by atoms with van der Waals surface area (Å²) in [6, 6.07) is 11.0. The molecule has 3 amide bonds. The minimum atomic E-state index is -1.11. The summed E-state index contributed by atoms with van der Waals surface area (Å²) in [5.41, 5.74) is 6.07. The fourth-order valence-corrected chi connectivity index (χ4v) is 14.4. The molecule has 4 aromatic carbocycles. The van der Waals surface area contributed by atoms with E-state index >= 15 is 8.78 Å². The maximum absolute atomic E-state index is 17.4. The number of aliphatic hydroxyl groups excluding tert-OH is 2. The monoisotopic (exact) mass is 1160 g/mol. The van der Waals surface area contributed by atoms with Gasteiger partial charge in [0.15, 0.2) is 5.82 Å². The molecular formula is C60H65ClF4N10O6S. The summed E-state index contributed by atoms with van der Waals surface area (Å²) in [6.45, 7) is 15.7. The second-order valence-electron chi connectivity index (χ2n) is 23.4. The number of ether oxygens (including phenoxy) is 1. The molecule has 0 radical (unpaired) electrons. The van der Waals surface area contributed by atoms with Crippen LogP contribution in [0.5, 0.6) is 6.01 Å². The lowest BCUT2D eigenvalue weighted by molar-refractivity contribution is -0.152. The first-order valence-electron chi connectivity index (χ1n) is 28.0. The molecule has 16 nitrogen and oxygen atoms in total. The molecule has 2 aromatic heterocycles. The van der Waals surface area contributed by atoms with Gasteiger partial charge in [0.1, 0.15) is 47.5 Å². The normalized spacial score (nSPS) is 22.8. The van der Waals surface area contributed by atoms with Crippen molar-refractivity contribution in [3.05, 3.63) is 106 Å². The molecule has 5 saturated heterocycles. The molecule has 6 aromatic rings. The standard InChI is InChI=1S/C60H65ClF4N10O6S/c1-60(2,3)54(58(80)74-28-37(77)24-45(74)57(79)69-44(29-76)31-12-14-32(15-13-31)47-41(62)10-5-11-42(47)63)75-35(18-21-46(75)78)8-6-22-72-23-7-9-36(72)30-81-59-70-51-39(56(71-59)73-26-33-16-17-34(27-73)68-33)25-40(61)48(50(51)65)38-19-20-43(64)53-49(38)52(67-4)55(66)82-53/h5,10-15,19-20,25,33-37,44-45,54,68,76-77H,6-9,16-18,21-24,26-30,66H2,1-3H3,(H,69,79)/t33?,34?,35-,36-,37+,44-,45-,54+/m0/s1. The Labute approximate surface area is 481 Å². The number of β-amino-alcohol motifs (C(OH)–C–C–N with tert-alkyl or cyclic N) is 1. The molecule has 5 fully saturated rings. The Kier molecular flexibility index (Phi) is 16.2. The van der Waals surface area contributed by atoms with Crippen LogP contribution in [-0.2, 0) is 14.4 Å². The summed E-state index contributed by atoms with van der Waals surface area (Å²) >= 11 is 7.90. The van der Waals surface area contributed by atoms with Crippen LogP contribution in [-0.4, -0.2) is 141 Å². The second-order valence-corrected chi connectivity index (χ2v) is 24.9. The number of nitrogens with zero attached hydrogens (tertiary/aromatic N) is 7. The van der Waals surface area contributed by atoms with Crippen LogP contribution in [0.1, 0.15) is 90.2 Å². The van der Waals surface area contributed by atoms with Gasteiger partial charge in [0.05, 0.1) is 45.6 Å². The molecule has 432 valence electrons. The van der Waals surface area contributed by atoms with Crippen LogP contribution in [0.4, 0.5) is 34.1 Å². The number of aromatic nitrogens is 2. The van der Waals surface area contributed by atoms with E-state index in [2.05, 4.69) is 25.3 Å². The minimum Gasteiger partial charge on any atom is -0.462 e. The predicted octanol–water partition coefficient (Wildman–Crippen LogP) is 9.30. The van der Waals surface area contributed by atoms with Gasteiger partial charge in [0.25, 0.3) is 0 Å². The van der Waals surface area contributed by atoms with Crippen LogP contribution < -0.4 is 26.0 Å². The van der Waals surface area contributed by atoms with Gasteiger partial charge in [-0.3, -0.25) is 19.3 Å². The van der Waals surface area contributed by atoms with Crippen molar-refractivity contribution in [2.75, 3.05) is 56.6 Å². The Morgan fingerprint density at radius 3 is 2.40 bits per heavy atom. The molecule has 5 aliphatic heterocycles. The highest BCUT2D eigenvalue weighted by Crippen LogP contribution is 2.49. The van der Waals surface area contributed by atoms with Gasteiger partial charge in [-0.05, 0) is 104 Å². The molecule has 0 aliphatic carbocycles.